The minimum atomic E-state index is 0.278. The number of hydrogen-bond acceptors (Lipinski definition) is 2. The summed E-state index contributed by atoms with van der Waals surface area (Å²) in [6.45, 7) is 15.1. The summed E-state index contributed by atoms with van der Waals surface area (Å²) in [6, 6.07) is 0. The van der Waals surface area contributed by atoms with Crippen LogP contribution in [-0.2, 0) is 0 Å². The minimum absolute atomic E-state index is 0.278. The fourth-order valence-electron chi connectivity index (χ4n) is 2.43. The molecular weight excluding hydrogens is 196 g/mol. The van der Waals surface area contributed by atoms with E-state index < -0.39 is 0 Å². The van der Waals surface area contributed by atoms with Crippen molar-refractivity contribution in [3.63, 3.8) is 0 Å². The Morgan fingerprint density at radius 2 is 1.75 bits per heavy atom. The number of piperazine rings is 1. The lowest BCUT2D eigenvalue weighted by molar-refractivity contribution is 0.0379. The van der Waals surface area contributed by atoms with Crippen LogP contribution in [0, 0.1) is 0 Å². The first kappa shape index (κ1) is 14.0. The second kappa shape index (κ2) is 5.50. The van der Waals surface area contributed by atoms with Crippen LogP contribution >= 0.6 is 0 Å². The predicted octanol–water partition coefficient (Wildman–Crippen LogP) is 3.03. The van der Waals surface area contributed by atoms with E-state index in [1.807, 2.05) is 0 Å². The van der Waals surface area contributed by atoms with Crippen LogP contribution in [0.1, 0.15) is 60.3 Å². The third kappa shape index (κ3) is 4.06. The van der Waals surface area contributed by atoms with Crippen LogP contribution in [0.4, 0.5) is 0 Å². The molecule has 0 aromatic heterocycles. The van der Waals surface area contributed by atoms with Crippen molar-refractivity contribution < 1.29 is 0 Å². The topological polar surface area (TPSA) is 15.3 Å². The third-order valence-corrected chi connectivity index (χ3v) is 3.72. The summed E-state index contributed by atoms with van der Waals surface area (Å²) in [6.07, 6.45) is 5.46. The van der Waals surface area contributed by atoms with Crippen molar-refractivity contribution in [2.24, 2.45) is 0 Å². The molecule has 1 saturated heterocycles. The fraction of sp³-hybridized carbons (Fsp3) is 1.00. The van der Waals surface area contributed by atoms with Crippen molar-refractivity contribution in [2.45, 2.75) is 71.4 Å². The summed E-state index contributed by atoms with van der Waals surface area (Å²) in [4.78, 5) is 2.67. The van der Waals surface area contributed by atoms with E-state index in [9.17, 15) is 0 Å². The number of unbranched alkanes of at least 4 members (excludes halogenated alkanes) is 3. The Hall–Kier alpha value is -0.0800. The zero-order valence-corrected chi connectivity index (χ0v) is 11.9. The van der Waals surface area contributed by atoms with E-state index in [-0.39, 0.29) is 5.54 Å². The Bertz CT molecular complexity index is 209. The first-order valence-electron chi connectivity index (χ1n) is 6.87. The highest BCUT2D eigenvalue weighted by atomic mass is 15.3. The Morgan fingerprint density at radius 1 is 1.06 bits per heavy atom. The molecule has 0 unspecified atom stereocenters. The molecule has 1 N–H and O–H groups in total. The van der Waals surface area contributed by atoms with Crippen molar-refractivity contribution in [3.05, 3.63) is 0 Å². The van der Waals surface area contributed by atoms with Crippen molar-refractivity contribution in [3.8, 4) is 0 Å². The van der Waals surface area contributed by atoms with Gasteiger partial charge in [-0.05, 0) is 40.7 Å². The molecule has 1 aliphatic heterocycles. The van der Waals surface area contributed by atoms with E-state index >= 15 is 0 Å². The number of rotatable bonds is 5. The van der Waals surface area contributed by atoms with E-state index in [1.165, 1.54) is 38.8 Å². The SMILES string of the molecule is CCCCCCN1CC(C)(C)NCC1(C)C. The Labute approximate surface area is 102 Å². The summed E-state index contributed by atoms with van der Waals surface area (Å²) >= 11 is 0. The molecule has 0 saturated carbocycles. The second-order valence-corrected chi connectivity index (χ2v) is 6.53. The van der Waals surface area contributed by atoms with E-state index in [0.717, 1.165) is 6.54 Å². The Morgan fingerprint density at radius 3 is 2.38 bits per heavy atom. The van der Waals surface area contributed by atoms with Gasteiger partial charge in [0.15, 0.2) is 0 Å². The first-order chi connectivity index (χ1) is 7.37. The van der Waals surface area contributed by atoms with Gasteiger partial charge in [0.25, 0.3) is 0 Å². The van der Waals surface area contributed by atoms with Crippen molar-refractivity contribution in [2.75, 3.05) is 19.6 Å². The molecule has 2 heteroatoms. The van der Waals surface area contributed by atoms with Crippen LogP contribution in [0.25, 0.3) is 0 Å². The highest BCUT2D eigenvalue weighted by Crippen LogP contribution is 2.23. The molecule has 2 nitrogen and oxygen atoms in total. The second-order valence-electron chi connectivity index (χ2n) is 6.53. The van der Waals surface area contributed by atoms with Gasteiger partial charge in [0.1, 0.15) is 0 Å². The highest BCUT2D eigenvalue weighted by molar-refractivity contribution is 4.97. The van der Waals surface area contributed by atoms with E-state index in [2.05, 4.69) is 44.8 Å². The average molecular weight is 226 g/mol. The monoisotopic (exact) mass is 226 g/mol. The van der Waals surface area contributed by atoms with Gasteiger partial charge in [-0.15, -0.1) is 0 Å². The van der Waals surface area contributed by atoms with Crippen LogP contribution in [0.15, 0.2) is 0 Å². The zero-order chi connectivity index (χ0) is 12.2. The molecule has 0 aliphatic carbocycles. The molecule has 16 heavy (non-hydrogen) atoms. The molecule has 0 atom stereocenters. The lowest BCUT2D eigenvalue weighted by Gasteiger charge is -2.49. The molecule has 0 spiro atoms. The van der Waals surface area contributed by atoms with Gasteiger partial charge in [-0.2, -0.15) is 0 Å². The molecule has 96 valence electrons. The Balaban J connectivity index is 2.41. The van der Waals surface area contributed by atoms with Gasteiger partial charge in [0, 0.05) is 24.2 Å². The standard InChI is InChI=1S/C14H30N2/c1-6-7-8-9-10-16-12-13(2,3)15-11-14(16,4)5/h15H,6-12H2,1-5H3. The average Bonchev–Trinajstić information content (AvgIpc) is 2.18. The zero-order valence-electron chi connectivity index (χ0n) is 11.9. The molecule has 1 rings (SSSR count). The van der Waals surface area contributed by atoms with Crippen molar-refractivity contribution in [1.29, 1.82) is 0 Å². The molecule has 1 fully saturated rings. The van der Waals surface area contributed by atoms with E-state index in [4.69, 9.17) is 0 Å². The summed E-state index contributed by atoms with van der Waals surface area (Å²) < 4.78 is 0. The van der Waals surface area contributed by atoms with Crippen LogP contribution in [0.5, 0.6) is 0 Å². The number of hydrogen-bond donors (Lipinski definition) is 1. The van der Waals surface area contributed by atoms with Crippen molar-refractivity contribution >= 4 is 0 Å². The van der Waals surface area contributed by atoms with E-state index in [1.54, 1.807) is 0 Å². The normalized spacial score (nSPS) is 24.6. The molecule has 0 radical (unpaired) electrons. The summed E-state index contributed by atoms with van der Waals surface area (Å²) in [5.74, 6) is 0. The Kier molecular flexibility index (Phi) is 4.81. The lowest BCUT2D eigenvalue weighted by atomic mass is 9.91. The number of nitrogens with zero attached hydrogens (tertiary/aromatic N) is 1. The van der Waals surface area contributed by atoms with E-state index in [0.29, 0.717) is 5.54 Å². The maximum Gasteiger partial charge on any atom is 0.0278 e. The van der Waals surface area contributed by atoms with Crippen LogP contribution in [0.2, 0.25) is 0 Å². The third-order valence-electron chi connectivity index (χ3n) is 3.72. The van der Waals surface area contributed by atoms with Gasteiger partial charge in [-0.1, -0.05) is 26.2 Å². The summed E-state index contributed by atoms with van der Waals surface area (Å²) in [5.41, 5.74) is 0.599. The minimum Gasteiger partial charge on any atom is -0.309 e. The van der Waals surface area contributed by atoms with Crippen LogP contribution < -0.4 is 5.32 Å². The molecule has 1 heterocycles. The van der Waals surface area contributed by atoms with Gasteiger partial charge in [-0.25, -0.2) is 0 Å². The van der Waals surface area contributed by atoms with Gasteiger partial charge in [0.05, 0.1) is 0 Å². The predicted molar refractivity (Wildman–Crippen MR) is 71.9 cm³/mol. The van der Waals surface area contributed by atoms with Crippen molar-refractivity contribution in [1.82, 2.24) is 10.2 Å². The maximum atomic E-state index is 3.64. The van der Waals surface area contributed by atoms with Crippen LogP contribution in [0.3, 0.4) is 0 Å². The first-order valence-corrected chi connectivity index (χ1v) is 6.87. The van der Waals surface area contributed by atoms with Crippen LogP contribution in [-0.4, -0.2) is 35.6 Å². The molecule has 0 aromatic carbocycles. The fourth-order valence-corrected chi connectivity index (χ4v) is 2.43. The smallest absolute Gasteiger partial charge is 0.0278 e. The summed E-state index contributed by atoms with van der Waals surface area (Å²) in [5, 5.41) is 3.64. The lowest BCUT2D eigenvalue weighted by Crippen LogP contribution is -2.66. The maximum absolute atomic E-state index is 3.64. The van der Waals surface area contributed by atoms with Gasteiger partial charge in [-0.3, -0.25) is 4.90 Å². The molecule has 0 amide bonds. The molecule has 1 aliphatic rings. The largest absolute Gasteiger partial charge is 0.309 e. The quantitative estimate of drug-likeness (QED) is 0.725. The number of nitrogens with one attached hydrogen (secondary N) is 1. The molecular formula is C14H30N2. The van der Waals surface area contributed by atoms with Gasteiger partial charge >= 0.3 is 0 Å². The molecule has 0 bridgehead atoms. The highest BCUT2D eigenvalue weighted by Gasteiger charge is 2.36. The van der Waals surface area contributed by atoms with Gasteiger partial charge < -0.3 is 5.32 Å². The molecule has 0 aromatic rings. The summed E-state index contributed by atoms with van der Waals surface area (Å²) in [7, 11) is 0. The van der Waals surface area contributed by atoms with Gasteiger partial charge in [0.2, 0.25) is 0 Å².